The normalized spacial score (nSPS) is 19.1. The highest BCUT2D eigenvalue weighted by molar-refractivity contribution is 6.31. The number of likely N-dealkylation sites (tertiary alicyclic amines) is 1. The van der Waals surface area contributed by atoms with Crippen molar-refractivity contribution in [3.63, 3.8) is 0 Å². The summed E-state index contributed by atoms with van der Waals surface area (Å²) >= 11 is 5.75. The number of rotatable bonds is 7. The summed E-state index contributed by atoms with van der Waals surface area (Å²) in [7, 11) is 0. The van der Waals surface area contributed by atoms with E-state index in [1.54, 1.807) is 12.1 Å². The van der Waals surface area contributed by atoms with Crippen LogP contribution in [0.4, 0.5) is 22.0 Å². The molecule has 4 rings (SSSR count). The molecule has 3 aromatic carbocycles. The largest absolute Gasteiger partial charge is 0.417 e. The van der Waals surface area contributed by atoms with Crippen molar-refractivity contribution in [1.82, 2.24) is 4.90 Å². The Morgan fingerprint density at radius 3 is 2.17 bits per heavy atom. The molecule has 0 radical (unpaired) electrons. The van der Waals surface area contributed by atoms with E-state index >= 15 is 0 Å². The van der Waals surface area contributed by atoms with E-state index in [2.05, 4.69) is 0 Å². The summed E-state index contributed by atoms with van der Waals surface area (Å²) in [5.41, 5.74) is -0.692. The number of benzene rings is 3. The topological polar surface area (TPSA) is 23.5 Å². The summed E-state index contributed by atoms with van der Waals surface area (Å²) in [5, 5.41) is 10.9. The van der Waals surface area contributed by atoms with Crippen molar-refractivity contribution in [3.8, 4) is 0 Å². The van der Waals surface area contributed by atoms with Gasteiger partial charge < -0.3 is 10.0 Å². The molecule has 1 N–H and O–H groups in total. The first-order valence-corrected chi connectivity index (χ1v) is 12.3. The zero-order valence-corrected chi connectivity index (χ0v) is 20.3. The van der Waals surface area contributed by atoms with E-state index in [1.165, 1.54) is 36.4 Å². The van der Waals surface area contributed by atoms with Gasteiger partial charge in [0.1, 0.15) is 17.2 Å². The highest BCUT2D eigenvalue weighted by atomic mass is 35.5. The summed E-state index contributed by atoms with van der Waals surface area (Å²) in [6, 6.07) is 16.1. The summed E-state index contributed by atoms with van der Waals surface area (Å²) in [6.45, 7) is 1.48. The molecule has 36 heavy (non-hydrogen) atoms. The molecular weight excluding hydrogens is 497 g/mol. The molecule has 192 valence electrons. The molecule has 0 bridgehead atoms. The number of nitrogens with zero attached hydrogens (tertiary/aromatic N) is 1. The van der Waals surface area contributed by atoms with E-state index in [-0.39, 0.29) is 29.7 Å². The van der Waals surface area contributed by atoms with E-state index in [0.29, 0.717) is 38.8 Å². The number of hydrogen-bond acceptors (Lipinski definition) is 2. The second-order valence-corrected chi connectivity index (χ2v) is 9.82. The maximum Gasteiger partial charge on any atom is 0.417 e. The van der Waals surface area contributed by atoms with Crippen molar-refractivity contribution in [2.45, 2.75) is 43.4 Å². The maximum atomic E-state index is 13.9. The lowest BCUT2D eigenvalue weighted by molar-refractivity contribution is -0.137. The molecule has 1 fully saturated rings. The summed E-state index contributed by atoms with van der Waals surface area (Å²) in [4.78, 5) is 2.03. The third-order valence-corrected chi connectivity index (χ3v) is 7.16. The fourth-order valence-electron chi connectivity index (χ4n) is 5.07. The second kappa shape index (κ2) is 10.9. The van der Waals surface area contributed by atoms with Gasteiger partial charge in [-0.15, -0.1) is 0 Å². The van der Waals surface area contributed by atoms with Crippen molar-refractivity contribution in [1.29, 1.82) is 0 Å². The van der Waals surface area contributed by atoms with E-state index < -0.39 is 22.4 Å². The minimum absolute atomic E-state index is 0.191. The van der Waals surface area contributed by atoms with Crippen LogP contribution < -0.4 is 0 Å². The molecule has 0 amide bonds. The summed E-state index contributed by atoms with van der Waals surface area (Å²) in [5.74, 6) is -0.946. The monoisotopic (exact) mass is 523 g/mol. The molecular formula is C28H27ClF5NO. The number of piperidine rings is 1. The third-order valence-electron chi connectivity index (χ3n) is 6.83. The molecule has 0 aromatic heterocycles. The Kier molecular flexibility index (Phi) is 8.03. The lowest BCUT2D eigenvalue weighted by atomic mass is 9.84. The van der Waals surface area contributed by atoms with Crippen LogP contribution in [0.25, 0.3) is 0 Å². The van der Waals surface area contributed by atoms with Crippen molar-refractivity contribution < 1.29 is 27.1 Å². The van der Waals surface area contributed by atoms with Crippen LogP contribution in [-0.4, -0.2) is 29.6 Å². The van der Waals surface area contributed by atoms with E-state index in [4.69, 9.17) is 11.6 Å². The SMILES string of the molecule is OC1(c2ccc(Cl)c(C(F)(F)F)c2)CCCN(CCCC(c2cccc(F)c2)c2cccc(F)c2)C1. The molecule has 1 heterocycles. The van der Waals surface area contributed by atoms with Gasteiger partial charge in [-0.2, -0.15) is 13.2 Å². The molecule has 1 aliphatic rings. The van der Waals surface area contributed by atoms with E-state index in [9.17, 15) is 27.1 Å². The molecule has 0 saturated carbocycles. The van der Waals surface area contributed by atoms with Crippen LogP contribution in [0.1, 0.15) is 53.9 Å². The minimum atomic E-state index is -4.61. The molecule has 1 unspecified atom stereocenters. The second-order valence-electron chi connectivity index (χ2n) is 9.41. The van der Waals surface area contributed by atoms with Crippen molar-refractivity contribution >= 4 is 11.6 Å². The van der Waals surface area contributed by atoms with Crippen LogP contribution in [0.15, 0.2) is 66.7 Å². The van der Waals surface area contributed by atoms with Gasteiger partial charge in [-0.25, -0.2) is 8.78 Å². The van der Waals surface area contributed by atoms with Crippen LogP contribution in [0, 0.1) is 11.6 Å². The molecule has 0 spiro atoms. The van der Waals surface area contributed by atoms with Gasteiger partial charge in [0, 0.05) is 12.5 Å². The van der Waals surface area contributed by atoms with Crippen LogP contribution in [0.3, 0.4) is 0 Å². The van der Waals surface area contributed by atoms with Gasteiger partial charge in [-0.3, -0.25) is 0 Å². The van der Waals surface area contributed by atoms with Crippen molar-refractivity contribution in [2.24, 2.45) is 0 Å². The quantitative estimate of drug-likeness (QED) is 0.323. The Balaban J connectivity index is 1.47. The first-order chi connectivity index (χ1) is 17.0. The Hall–Kier alpha value is -2.48. The van der Waals surface area contributed by atoms with Crippen LogP contribution >= 0.6 is 11.6 Å². The highest BCUT2D eigenvalue weighted by Gasteiger charge is 2.39. The lowest BCUT2D eigenvalue weighted by Crippen LogP contribution is -2.46. The maximum absolute atomic E-state index is 13.9. The predicted octanol–water partition coefficient (Wildman–Crippen LogP) is 7.53. The number of hydrogen-bond donors (Lipinski definition) is 1. The fourth-order valence-corrected chi connectivity index (χ4v) is 5.30. The standard InChI is InChI=1S/C28H27ClF5NO/c29-26-11-10-21(17-25(26)28(32,33)34)27(36)12-4-14-35(18-27)13-3-9-24(19-5-1-7-22(30)15-19)20-6-2-8-23(31)16-20/h1-2,5-8,10-11,15-17,24,36H,3-4,9,12-14,18H2. The summed E-state index contributed by atoms with van der Waals surface area (Å²) < 4.78 is 67.9. The number of β-amino-alcohol motifs (C(OH)–C–C–N with tert-alkyl or cyclic N) is 1. The van der Waals surface area contributed by atoms with Gasteiger partial charge >= 0.3 is 6.18 Å². The Labute approximate surface area is 212 Å². The molecule has 1 saturated heterocycles. The van der Waals surface area contributed by atoms with Gasteiger partial charge in [-0.05, 0) is 91.9 Å². The van der Waals surface area contributed by atoms with Crippen molar-refractivity contribution in [3.05, 3.63) is 106 Å². The highest BCUT2D eigenvalue weighted by Crippen LogP contribution is 2.39. The number of alkyl halides is 3. The average molecular weight is 524 g/mol. The van der Waals surface area contributed by atoms with Gasteiger partial charge in [0.05, 0.1) is 10.6 Å². The molecule has 0 aliphatic carbocycles. The average Bonchev–Trinajstić information content (AvgIpc) is 2.81. The number of halogens is 6. The Bertz CT molecular complexity index is 1160. The Morgan fingerprint density at radius 2 is 1.58 bits per heavy atom. The van der Waals surface area contributed by atoms with Gasteiger partial charge in [0.15, 0.2) is 0 Å². The minimum Gasteiger partial charge on any atom is -0.384 e. The van der Waals surface area contributed by atoms with Crippen molar-refractivity contribution in [2.75, 3.05) is 19.6 Å². The van der Waals surface area contributed by atoms with E-state index in [0.717, 1.165) is 17.2 Å². The predicted molar refractivity (Wildman–Crippen MR) is 130 cm³/mol. The molecule has 8 heteroatoms. The molecule has 2 nitrogen and oxygen atoms in total. The number of aliphatic hydroxyl groups is 1. The first kappa shape index (κ1) is 26.6. The smallest absolute Gasteiger partial charge is 0.384 e. The van der Waals surface area contributed by atoms with Gasteiger partial charge in [-0.1, -0.05) is 41.9 Å². The summed E-state index contributed by atoms with van der Waals surface area (Å²) in [6.07, 6.45) is -2.36. The first-order valence-electron chi connectivity index (χ1n) is 11.9. The van der Waals surface area contributed by atoms with E-state index in [1.807, 2.05) is 17.0 Å². The molecule has 1 atom stereocenters. The van der Waals surface area contributed by atoms with Gasteiger partial charge in [0.25, 0.3) is 0 Å². The zero-order chi connectivity index (χ0) is 25.9. The molecule has 1 aliphatic heterocycles. The van der Waals surface area contributed by atoms with Crippen LogP contribution in [0.5, 0.6) is 0 Å². The Morgan fingerprint density at radius 1 is 0.944 bits per heavy atom. The zero-order valence-electron chi connectivity index (χ0n) is 19.5. The van der Waals surface area contributed by atoms with Crippen LogP contribution in [-0.2, 0) is 11.8 Å². The van der Waals surface area contributed by atoms with Gasteiger partial charge in [0.2, 0.25) is 0 Å². The third kappa shape index (κ3) is 6.25. The molecule has 3 aromatic rings. The van der Waals surface area contributed by atoms with Crippen LogP contribution in [0.2, 0.25) is 5.02 Å². The lowest BCUT2D eigenvalue weighted by Gasteiger charge is -2.40. The fraction of sp³-hybridized carbons (Fsp3) is 0.357.